The highest BCUT2D eigenvalue weighted by molar-refractivity contribution is 6.31. The van der Waals surface area contributed by atoms with Crippen LogP contribution in [0.15, 0.2) is 42.5 Å². The topological polar surface area (TPSA) is 41.6 Å². The van der Waals surface area contributed by atoms with Crippen molar-refractivity contribution in [3.63, 3.8) is 0 Å². The second kappa shape index (κ2) is 8.56. The number of hydrogen-bond donors (Lipinski definition) is 1. The molecule has 0 bridgehead atoms. The SMILES string of the molecule is CCC(CNC(=O)c1cc(Cl)ccc1OC)N1CCc2ccccc2C1. The van der Waals surface area contributed by atoms with Gasteiger partial charge in [-0.1, -0.05) is 42.8 Å². The van der Waals surface area contributed by atoms with E-state index in [0.29, 0.717) is 28.9 Å². The second-order valence-corrected chi connectivity index (χ2v) is 7.04. The number of halogens is 1. The predicted molar refractivity (Wildman–Crippen MR) is 105 cm³/mol. The van der Waals surface area contributed by atoms with E-state index in [9.17, 15) is 4.79 Å². The molecule has 0 saturated heterocycles. The van der Waals surface area contributed by atoms with Gasteiger partial charge in [-0.3, -0.25) is 9.69 Å². The summed E-state index contributed by atoms with van der Waals surface area (Å²) >= 11 is 6.03. The first-order valence-electron chi connectivity index (χ1n) is 9.05. The van der Waals surface area contributed by atoms with E-state index in [-0.39, 0.29) is 5.91 Å². The van der Waals surface area contributed by atoms with Gasteiger partial charge in [0.05, 0.1) is 12.7 Å². The van der Waals surface area contributed by atoms with Gasteiger partial charge in [-0.15, -0.1) is 0 Å². The lowest BCUT2D eigenvalue weighted by atomic mass is 9.98. The molecule has 1 heterocycles. The van der Waals surface area contributed by atoms with Crippen molar-refractivity contribution in [3.8, 4) is 5.75 Å². The standard InChI is InChI=1S/C21H25ClN2O2/c1-3-18(24-11-10-15-6-4-5-7-16(15)14-24)13-23-21(25)19-12-17(22)8-9-20(19)26-2/h4-9,12,18H,3,10-11,13-14H2,1-2H3,(H,23,25). The molecule has 1 amide bonds. The summed E-state index contributed by atoms with van der Waals surface area (Å²) < 4.78 is 5.28. The first kappa shape index (κ1) is 18.7. The van der Waals surface area contributed by atoms with Crippen LogP contribution in [0.5, 0.6) is 5.75 Å². The average Bonchev–Trinajstić information content (AvgIpc) is 2.68. The fourth-order valence-electron chi connectivity index (χ4n) is 3.52. The first-order chi connectivity index (χ1) is 12.6. The van der Waals surface area contributed by atoms with E-state index >= 15 is 0 Å². The molecule has 1 N–H and O–H groups in total. The largest absolute Gasteiger partial charge is 0.496 e. The highest BCUT2D eigenvalue weighted by atomic mass is 35.5. The number of methoxy groups -OCH3 is 1. The number of amides is 1. The minimum absolute atomic E-state index is 0.153. The summed E-state index contributed by atoms with van der Waals surface area (Å²) in [6, 6.07) is 14.0. The molecule has 4 nitrogen and oxygen atoms in total. The molecule has 0 aromatic heterocycles. The van der Waals surface area contributed by atoms with Crippen LogP contribution in [-0.4, -0.2) is 37.0 Å². The number of fused-ring (bicyclic) bond motifs is 1. The summed E-state index contributed by atoms with van der Waals surface area (Å²) in [5.74, 6) is 0.382. The smallest absolute Gasteiger partial charge is 0.255 e. The number of nitrogens with zero attached hydrogens (tertiary/aromatic N) is 1. The van der Waals surface area contributed by atoms with Gasteiger partial charge in [0, 0.05) is 30.7 Å². The maximum Gasteiger partial charge on any atom is 0.255 e. The molecular weight excluding hydrogens is 348 g/mol. The van der Waals surface area contributed by atoms with Gasteiger partial charge >= 0.3 is 0 Å². The average molecular weight is 373 g/mol. The van der Waals surface area contributed by atoms with Gasteiger partial charge in [0.15, 0.2) is 0 Å². The Hall–Kier alpha value is -2.04. The van der Waals surface area contributed by atoms with Gasteiger partial charge in [-0.05, 0) is 42.2 Å². The summed E-state index contributed by atoms with van der Waals surface area (Å²) in [5, 5.41) is 3.58. The molecular formula is C21H25ClN2O2. The van der Waals surface area contributed by atoms with Crippen LogP contribution in [0.1, 0.15) is 34.8 Å². The number of hydrogen-bond acceptors (Lipinski definition) is 3. The number of nitrogens with one attached hydrogen (secondary N) is 1. The highest BCUT2D eigenvalue weighted by Gasteiger charge is 2.23. The maximum absolute atomic E-state index is 12.6. The summed E-state index contributed by atoms with van der Waals surface area (Å²) in [7, 11) is 1.56. The Bertz CT molecular complexity index is 778. The van der Waals surface area contributed by atoms with Crippen LogP contribution >= 0.6 is 11.6 Å². The minimum atomic E-state index is -0.153. The Morgan fingerprint density at radius 1 is 1.27 bits per heavy atom. The second-order valence-electron chi connectivity index (χ2n) is 6.61. The molecule has 0 aliphatic carbocycles. The van der Waals surface area contributed by atoms with Crippen molar-refractivity contribution in [2.75, 3.05) is 20.2 Å². The number of carbonyl (C=O) groups is 1. The molecule has 0 saturated carbocycles. The molecule has 26 heavy (non-hydrogen) atoms. The number of ether oxygens (including phenoxy) is 1. The lowest BCUT2D eigenvalue weighted by Crippen LogP contribution is -2.45. The zero-order valence-corrected chi connectivity index (χ0v) is 16.1. The van der Waals surface area contributed by atoms with Crippen LogP contribution in [-0.2, 0) is 13.0 Å². The fourth-order valence-corrected chi connectivity index (χ4v) is 3.70. The minimum Gasteiger partial charge on any atom is -0.496 e. The van der Waals surface area contributed by atoms with E-state index in [1.807, 2.05) is 0 Å². The Balaban J connectivity index is 1.64. The third kappa shape index (κ3) is 4.19. The van der Waals surface area contributed by atoms with Crippen LogP contribution < -0.4 is 10.1 Å². The van der Waals surface area contributed by atoms with Gasteiger partial charge < -0.3 is 10.1 Å². The van der Waals surface area contributed by atoms with Crippen molar-refractivity contribution < 1.29 is 9.53 Å². The van der Waals surface area contributed by atoms with Crippen LogP contribution in [0.2, 0.25) is 5.02 Å². The van der Waals surface area contributed by atoms with Crippen molar-refractivity contribution >= 4 is 17.5 Å². The molecule has 1 unspecified atom stereocenters. The molecule has 5 heteroatoms. The first-order valence-corrected chi connectivity index (χ1v) is 9.42. The van der Waals surface area contributed by atoms with Crippen molar-refractivity contribution in [2.24, 2.45) is 0 Å². The summed E-state index contributed by atoms with van der Waals surface area (Å²) in [6.45, 7) is 4.72. The molecule has 0 radical (unpaired) electrons. The van der Waals surface area contributed by atoms with E-state index in [0.717, 1.165) is 25.9 Å². The highest BCUT2D eigenvalue weighted by Crippen LogP contribution is 2.23. The summed E-state index contributed by atoms with van der Waals surface area (Å²) in [5.41, 5.74) is 3.30. The van der Waals surface area contributed by atoms with E-state index in [4.69, 9.17) is 16.3 Å². The molecule has 2 aromatic carbocycles. The zero-order chi connectivity index (χ0) is 18.5. The number of carbonyl (C=O) groups excluding carboxylic acids is 1. The molecule has 3 rings (SSSR count). The van der Waals surface area contributed by atoms with Crippen molar-refractivity contribution in [2.45, 2.75) is 32.4 Å². The van der Waals surface area contributed by atoms with E-state index in [1.54, 1.807) is 25.3 Å². The maximum atomic E-state index is 12.6. The molecule has 1 aliphatic rings. The summed E-state index contributed by atoms with van der Waals surface area (Å²) in [6.07, 6.45) is 2.04. The Morgan fingerprint density at radius 2 is 2.04 bits per heavy atom. The number of rotatable bonds is 6. The number of benzene rings is 2. The van der Waals surface area contributed by atoms with Crippen LogP contribution in [0, 0.1) is 0 Å². The normalized spacial score (nSPS) is 15.2. The van der Waals surface area contributed by atoms with Crippen molar-refractivity contribution in [1.82, 2.24) is 10.2 Å². The molecule has 1 atom stereocenters. The monoisotopic (exact) mass is 372 g/mol. The Kier molecular flexibility index (Phi) is 6.17. The lowest BCUT2D eigenvalue weighted by Gasteiger charge is -2.35. The quantitative estimate of drug-likeness (QED) is 0.835. The van der Waals surface area contributed by atoms with Crippen molar-refractivity contribution in [3.05, 3.63) is 64.2 Å². The van der Waals surface area contributed by atoms with Crippen LogP contribution in [0.25, 0.3) is 0 Å². The van der Waals surface area contributed by atoms with E-state index < -0.39 is 0 Å². The molecule has 2 aromatic rings. The predicted octanol–water partition coefficient (Wildman–Crippen LogP) is 3.92. The molecule has 0 fully saturated rings. The van der Waals surface area contributed by atoms with Gasteiger partial charge in [0.1, 0.15) is 5.75 Å². The van der Waals surface area contributed by atoms with Gasteiger partial charge in [-0.2, -0.15) is 0 Å². The Morgan fingerprint density at radius 3 is 2.77 bits per heavy atom. The zero-order valence-electron chi connectivity index (χ0n) is 15.3. The van der Waals surface area contributed by atoms with Crippen LogP contribution in [0.3, 0.4) is 0 Å². The fraction of sp³-hybridized carbons (Fsp3) is 0.381. The molecule has 0 spiro atoms. The van der Waals surface area contributed by atoms with Crippen molar-refractivity contribution in [1.29, 1.82) is 0 Å². The van der Waals surface area contributed by atoms with E-state index in [2.05, 4.69) is 41.4 Å². The van der Waals surface area contributed by atoms with Gasteiger partial charge in [0.2, 0.25) is 0 Å². The lowest BCUT2D eigenvalue weighted by molar-refractivity contribution is 0.0923. The molecule has 1 aliphatic heterocycles. The van der Waals surface area contributed by atoms with Gasteiger partial charge in [-0.25, -0.2) is 0 Å². The van der Waals surface area contributed by atoms with Crippen LogP contribution in [0.4, 0.5) is 0 Å². The third-order valence-electron chi connectivity index (χ3n) is 5.05. The third-order valence-corrected chi connectivity index (χ3v) is 5.29. The molecule has 138 valence electrons. The Labute approximate surface area is 160 Å². The van der Waals surface area contributed by atoms with Gasteiger partial charge in [0.25, 0.3) is 5.91 Å². The van der Waals surface area contributed by atoms with E-state index in [1.165, 1.54) is 11.1 Å². The summed E-state index contributed by atoms with van der Waals surface area (Å²) in [4.78, 5) is 15.1.